The van der Waals surface area contributed by atoms with E-state index in [1.54, 1.807) is 18.3 Å². The molecule has 2 heterocycles. The number of nitrogens with zero attached hydrogens (tertiary/aromatic N) is 1. The Morgan fingerprint density at radius 1 is 1.32 bits per heavy atom. The number of oxazole rings is 1. The third kappa shape index (κ3) is 4.00. The monoisotopic (exact) mass is 364 g/mol. The second-order valence-electron chi connectivity index (χ2n) is 5.86. The first-order valence-electron chi connectivity index (χ1n) is 7.81. The molecule has 25 heavy (non-hydrogen) atoms. The lowest BCUT2D eigenvalue weighted by Gasteiger charge is -2.23. The number of carboxylic acid groups (broad SMARTS) is 1. The number of carbonyl (C=O) groups is 2. The molecule has 0 bridgehead atoms. The number of aliphatic carboxylic acids is 1. The minimum Gasteiger partial charge on any atom is -0.479 e. The maximum Gasteiger partial charge on any atom is 0.331 e. The summed E-state index contributed by atoms with van der Waals surface area (Å²) in [5.74, 6) is -0.468. The third-order valence-electron chi connectivity index (χ3n) is 4.06. The molecule has 1 atom stereocenters. The normalized spacial score (nSPS) is 19.7. The highest BCUT2D eigenvalue weighted by atomic mass is 35.5. The Hall–Kier alpha value is -2.38. The first kappa shape index (κ1) is 17.4. The van der Waals surface area contributed by atoms with Crippen LogP contribution >= 0.6 is 11.6 Å². The van der Waals surface area contributed by atoms with Gasteiger partial charge in [-0.1, -0.05) is 11.6 Å². The fourth-order valence-electron chi connectivity index (χ4n) is 2.61. The zero-order valence-corrected chi connectivity index (χ0v) is 14.1. The summed E-state index contributed by atoms with van der Waals surface area (Å²) in [4.78, 5) is 27.6. The van der Waals surface area contributed by atoms with E-state index in [-0.39, 0.29) is 31.8 Å². The number of hydrogen-bond acceptors (Lipinski definition) is 5. The summed E-state index contributed by atoms with van der Waals surface area (Å²) in [7, 11) is 0. The van der Waals surface area contributed by atoms with Gasteiger partial charge in [0.05, 0.1) is 12.8 Å². The van der Waals surface area contributed by atoms with E-state index in [1.165, 1.54) is 0 Å². The number of aromatic nitrogens is 1. The standard InChI is InChI=1S/C17H17ClN2O5/c18-12-3-1-11(2-4-12)13-9-19-15(25-13)6-5-14(21)20-17(16(22)23)7-8-24-10-17/h1-4,9H,5-8,10H2,(H,20,21)(H,22,23). The van der Waals surface area contributed by atoms with E-state index in [0.717, 1.165) is 5.56 Å². The number of benzene rings is 1. The van der Waals surface area contributed by atoms with Crippen LogP contribution < -0.4 is 5.32 Å². The van der Waals surface area contributed by atoms with Crippen LogP contribution in [0.4, 0.5) is 0 Å². The van der Waals surface area contributed by atoms with E-state index in [4.69, 9.17) is 20.8 Å². The van der Waals surface area contributed by atoms with Gasteiger partial charge in [0.15, 0.2) is 17.2 Å². The van der Waals surface area contributed by atoms with Crippen molar-refractivity contribution >= 4 is 23.5 Å². The van der Waals surface area contributed by atoms with E-state index >= 15 is 0 Å². The highest BCUT2D eigenvalue weighted by Crippen LogP contribution is 2.23. The van der Waals surface area contributed by atoms with Crippen LogP contribution in [-0.2, 0) is 20.7 Å². The van der Waals surface area contributed by atoms with Gasteiger partial charge < -0.3 is 19.6 Å². The number of amides is 1. The fraction of sp³-hybridized carbons (Fsp3) is 0.353. The molecule has 2 N–H and O–H groups in total. The van der Waals surface area contributed by atoms with Gasteiger partial charge in [-0.25, -0.2) is 9.78 Å². The average Bonchev–Trinajstić information content (AvgIpc) is 3.24. The van der Waals surface area contributed by atoms with Crippen LogP contribution in [0.2, 0.25) is 5.02 Å². The Balaban J connectivity index is 1.57. The Bertz CT molecular complexity index is 766. The van der Waals surface area contributed by atoms with Gasteiger partial charge in [-0.05, 0) is 24.3 Å². The van der Waals surface area contributed by atoms with Crippen molar-refractivity contribution in [3.8, 4) is 11.3 Å². The number of carboxylic acids is 1. The minimum absolute atomic E-state index is 0.0200. The predicted octanol–water partition coefficient (Wildman–Crippen LogP) is 2.29. The van der Waals surface area contributed by atoms with Crippen molar-refractivity contribution in [1.82, 2.24) is 10.3 Å². The molecule has 1 fully saturated rings. The maximum absolute atomic E-state index is 12.1. The Morgan fingerprint density at radius 3 is 2.72 bits per heavy atom. The lowest BCUT2D eigenvalue weighted by atomic mass is 9.98. The number of hydrogen-bond donors (Lipinski definition) is 2. The first-order chi connectivity index (χ1) is 12.0. The van der Waals surface area contributed by atoms with Crippen molar-refractivity contribution in [2.24, 2.45) is 0 Å². The highest BCUT2D eigenvalue weighted by Gasteiger charge is 2.43. The molecule has 1 saturated heterocycles. The predicted molar refractivity (Wildman–Crippen MR) is 89.2 cm³/mol. The summed E-state index contributed by atoms with van der Waals surface area (Å²) in [6, 6.07) is 7.13. The van der Waals surface area contributed by atoms with Gasteiger partial charge in [0, 0.05) is 36.5 Å². The van der Waals surface area contributed by atoms with E-state index in [9.17, 15) is 14.7 Å². The lowest BCUT2D eigenvalue weighted by molar-refractivity contribution is -0.147. The molecule has 1 amide bonds. The minimum atomic E-state index is -1.33. The number of rotatable bonds is 6. The second-order valence-corrected chi connectivity index (χ2v) is 6.30. The number of ether oxygens (including phenoxy) is 1. The Labute approximate surface area is 149 Å². The topological polar surface area (TPSA) is 102 Å². The quantitative estimate of drug-likeness (QED) is 0.815. The number of carbonyl (C=O) groups excluding carboxylic acids is 1. The van der Waals surface area contributed by atoms with Crippen molar-refractivity contribution < 1.29 is 23.8 Å². The Kier molecular flexibility index (Phi) is 5.06. The largest absolute Gasteiger partial charge is 0.479 e. The van der Waals surface area contributed by atoms with Gasteiger partial charge in [0.25, 0.3) is 0 Å². The molecular weight excluding hydrogens is 348 g/mol. The highest BCUT2D eigenvalue weighted by molar-refractivity contribution is 6.30. The van der Waals surface area contributed by atoms with E-state index < -0.39 is 11.5 Å². The van der Waals surface area contributed by atoms with Gasteiger partial charge >= 0.3 is 5.97 Å². The SMILES string of the molecule is O=C(CCc1ncc(-c2ccc(Cl)cc2)o1)NC1(C(=O)O)CCOC1. The molecule has 0 radical (unpaired) electrons. The van der Waals surface area contributed by atoms with Crippen molar-refractivity contribution in [1.29, 1.82) is 0 Å². The van der Waals surface area contributed by atoms with E-state index in [1.807, 2.05) is 12.1 Å². The lowest BCUT2D eigenvalue weighted by Crippen LogP contribution is -2.55. The molecule has 7 nitrogen and oxygen atoms in total. The molecule has 0 aliphatic carbocycles. The van der Waals surface area contributed by atoms with Gasteiger partial charge in [0.1, 0.15) is 0 Å². The van der Waals surface area contributed by atoms with Crippen molar-refractivity contribution in [3.05, 3.63) is 41.4 Å². The molecule has 8 heteroatoms. The van der Waals surface area contributed by atoms with Crippen LogP contribution in [0.15, 0.2) is 34.9 Å². The van der Waals surface area contributed by atoms with Gasteiger partial charge in [-0.2, -0.15) is 0 Å². The summed E-state index contributed by atoms with van der Waals surface area (Å²) in [5.41, 5.74) is -0.497. The number of halogens is 1. The molecule has 2 aromatic rings. The molecule has 1 aliphatic heterocycles. The van der Waals surface area contributed by atoms with Crippen molar-refractivity contribution in [2.75, 3.05) is 13.2 Å². The molecule has 1 aromatic heterocycles. The van der Waals surface area contributed by atoms with Crippen LogP contribution in [0.1, 0.15) is 18.7 Å². The maximum atomic E-state index is 12.1. The van der Waals surface area contributed by atoms with Gasteiger partial charge in [-0.15, -0.1) is 0 Å². The van der Waals surface area contributed by atoms with E-state index in [0.29, 0.717) is 23.3 Å². The summed E-state index contributed by atoms with van der Waals surface area (Å²) in [6.45, 7) is 0.296. The number of aryl methyl sites for hydroxylation is 1. The summed E-state index contributed by atoms with van der Waals surface area (Å²) >= 11 is 5.85. The smallest absolute Gasteiger partial charge is 0.331 e. The van der Waals surface area contributed by atoms with Crippen LogP contribution in [0.25, 0.3) is 11.3 Å². The van der Waals surface area contributed by atoms with Crippen molar-refractivity contribution in [2.45, 2.75) is 24.8 Å². The van der Waals surface area contributed by atoms with Gasteiger partial charge in [0.2, 0.25) is 5.91 Å². The molecular formula is C17H17ClN2O5. The van der Waals surface area contributed by atoms with Crippen LogP contribution in [0, 0.1) is 0 Å². The molecule has 1 unspecified atom stereocenters. The zero-order chi connectivity index (χ0) is 17.9. The molecule has 1 aromatic carbocycles. The zero-order valence-electron chi connectivity index (χ0n) is 13.3. The van der Waals surface area contributed by atoms with Crippen LogP contribution in [0.3, 0.4) is 0 Å². The molecule has 3 rings (SSSR count). The average molecular weight is 365 g/mol. The van der Waals surface area contributed by atoms with Crippen LogP contribution in [-0.4, -0.2) is 40.7 Å². The van der Waals surface area contributed by atoms with Crippen LogP contribution in [0.5, 0.6) is 0 Å². The van der Waals surface area contributed by atoms with Gasteiger partial charge in [-0.3, -0.25) is 4.79 Å². The fourth-order valence-corrected chi connectivity index (χ4v) is 2.73. The molecule has 0 spiro atoms. The Morgan fingerprint density at radius 2 is 2.08 bits per heavy atom. The molecule has 1 aliphatic rings. The summed E-state index contributed by atoms with van der Waals surface area (Å²) in [6.07, 6.45) is 2.19. The third-order valence-corrected chi connectivity index (χ3v) is 4.31. The summed E-state index contributed by atoms with van der Waals surface area (Å²) in [5, 5.41) is 12.5. The van der Waals surface area contributed by atoms with E-state index in [2.05, 4.69) is 10.3 Å². The second kappa shape index (κ2) is 7.25. The molecule has 0 saturated carbocycles. The summed E-state index contributed by atoms with van der Waals surface area (Å²) < 4.78 is 10.7. The molecule has 132 valence electrons. The van der Waals surface area contributed by atoms with Crippen molar-refractivity contribution in [3.63, 3.8) is 0 Å². The number of nitrogens with one attached hydrogen (secondary N) is 1. The first-order valence-corrected chi connectivity index (χ1v) is 8.19.